The van der Waals surface area contributed by atoms with E-state index in [1.165, 1.54) is 0 Å². The molecule has 1 aliphatic rings. The van der Waals surface area contributed by atoms with E-state index in [4.69, 9.17) is 4.42 Å². The van der Waals surface area contributed by atoms with E-state index >= 15 is 0 Å². The van der Waals surface area contributed by atoms with Crippen molar-refractivity contribution in [3.05, 3.63) is 42.4 Å². The third kappa shape index (κ3) is 3.95. The molecule has 1 aromatic carbocycles. The Bertz CT molecular complexity index is 603. The van der Waals surface area contributed by atoms with Gasteiger partial charge in [-0.25, -0.2) is 4.98 Å². The fourth-order valence-corrected chi connectivity index (χ4v) is 2.64. The number of benzene rings is 1. The van der Waals surface area contributed by atoms with Gasteiger partial charge in [-0.2, -0.15) is 0 Å². The van der Waals surface area contributed by atoms with Gasteiger partial charge in [0.2, 0.25) is 5.91 Å². The molecule has 0 aliphatic carbocycles. The molecule has 0 saturated carbocycles. The molecule has 1 fully saturated rings. The summed E-state index contributed by atoms with van der Waals surface area (Å²) in [6.07, 6.45) is 4.71. The van der Waals surface area contributed by atoms with E-state index < -0.39 is 0 Å². The molecule has 1 aliphatic heterocycles. The van der Waals surface area contributed by atoms with Gasteiger partial charge in [-0.15, -0.1) is 0 Å². The number of carbonyl (C=O) groups is 1. The summed E-state index contributed by atoms with van der Waals surface area (Å²) in [7, 11) is 0. The maximum absolute atomic E-state index is 11.8. The smallest absolute Gasteiger partial charge is 0.220 e. The zero-order chi connectivity index (χ0) is 15.2. The third-order valence-corrected chi connectivity index (χ3v) is 3.83. The summed E-state index contributed by atoms with van der Waals surface area (Å²) in [4.78, 5) is 16.1. The van der Waals surface area contributed by atoms with Crippen molar-refractivity contribution in [2.75, 3.05) is 13.1 Å². The van der Waals surface area contributed by atoms with Crippen LogP contribution < -0.4 is 10.6 Å². The van der Waals surface area contributed by atoms with Crippen molar-refractivity contribution in [2.45, 2.75) is 31.7 Å². The van der Waals surface area contributed by atoms with Crippen LogP contribution in [0.15, 0.2) is 40.9 Å². The average Bonchev–Trinajstić information content (AvgIpc) is 3.20. The highest BCUT2D eigenvalue weighted by atomic mass is 16.4. The Morgan fingerprint density at radius 2 is 2.23 bits per heavy atom. The second-order valence-electron chi connectivity index (χ2n) is 5.60. The first-order valence-electron chi connectivity index (χ1n) is 7.81. The number of nitrogens with one attached hydrogen (secondary N) is 2. The fraction of sp³-hybridized carbons (Fsp3) is 0.412. The largest absolute Gasteiger partial charge is 0.441 e. The molecule has 3 rings (SSSR count). The van der Waals surface area contributed by atoms with Crippen molar-refractivity contribution in [3.63, 3.8) is 0 Å². The fourth-order valence-electron chi connectivity index (χ4n) is 2.64. The van der Waals surface area contributed by atoms with Gasteiger partial charge < -0.3 is 15.1 Å². The average molecular weight is 299 g/mol. The van der Waals surface area contributed by atoms with Crippen LogP contribution in [0.4, 0.5) is 0 Å². The summed E-state index contributed by atoms with van der Waals surface area (Å²) in [5, 5.41) is 6.28. The second-order valence-corrected chi connectivity index (χ2v) is 5.60. The lowest BCUT2D eigenvalue weighted by molar-refractivity contribution is -0.121. The van der Waals surface area contributed by atoms with Crippen molar-refractivity contribution in [2.24, 2.45) is 0 Å². The molecule has 1 amide bonds. The standard InChI is InChI=1S/C17H21N3O2/c21-16(20-14-9-10-18-11-14)7-4-8-17-19-12-15(22-17)13-5-2-1-3-6-13/h1-3,5-6,12,14,18H,4,7-11H2,(H,20,21). The Kier molecular flexibility index (Phi) is 4.85. The lowest BCUT2D eigenvalue weighted by atomic mass is 10.2. The molecular formula is C17H21N3O2. The number of amides is 1. The number of carbonyl (C=O) groups excluding carboxylic acids is 1. The summed E-state index contributed by atoms with van der Waals surface area (Å²) >= 11 is 0. The van der Waals surface area contributed by atoms with Gasteiger partial charge in [-0.3, -0.25) is 4.79 Å². The van der Waals surface area contributed by atoms with E-state index in [1.807, 2.05) is 30.3 Å². The quantitative estimate of drug-likeness (QED) is 0.857. The van der Waals surface area contributed by atoms with E-state index in [-0.39, 0.29) is 5.91 Å². The molecule has 22 heavy (non-hydrogen) atoms. The molecule has 1 saturated heterocycles. The molecule has 0 radical (unpaired) electrons. The van der Waals surface area contributed by atoms with E-state index in [1.54, 1.807) is 6.20 Å². The van der Waals surface area contributed by atoms with Crippen LogP contribution in [0.1, 0.15) is 25.2 Å². The molecule has 0 bridgehead atoms. The van der Waals surface area contributed by atoms with Crippen LogP contribution in [0.25, 0.3) is 11.3 Å². The molecule has 2 N–H and O–H groups in total. The molecule has 0 spiro atoms. The van der Waals surface area contributed by atoms with Crippen LogP contribution in [0.2, 0.25) is 0 Å². The topological polar surface area (TPSA) is 67.2 Å². The van der Waals surface area contributed by atoms with Gasteiger partial charge in [-0.05, 0) is 19.4 Å². The summed E-state index contributed by atoms with van der Waals surface area (Å²) in [6.45, 7) is 1.87. The predicted molar refractivity (Wildman–Crippen MR) is 84.3 cm³/mol. The van der Waals surface area contributed by atoms with E-state index in [0.29, 0.717) is 24.8 Å². The van der Waals surface area contributed by atoms with Gasteiger partial charge in [0.15, 0.2) is 11.7 Å². The van der Waals surface area contributed by atoms with E-state index in [9.17, 15) is 4.79 Å². The number of oxazole rings is 1. The molecule has 2 heterocycles. The zero-order valence-corrected chi connectivity index (χ0v) is 12.5. The van der Waals surface area contributed by atoms with Crippen LogP contribution in [0.3, 0.4) is 0 Å². The Hall–Kier alpha value is -2.14. The van der Waals surface area contributed by atoms with Crippen LogP contribution in [-0.4, -0.2) is 30.0 Å². The van der Waals surface area contributed by atoms with Gasteiger partial charge in [0.1, 0.15) is 0 Å². The number of rotatable bonds is 6. The summed E-state index contributed by atoms with van der Waals surface area (Å²) in [5.74, 6) is 1.58. The normalized spacial score (nSPS) is 17.5. The maximum Gasteiger partial charge on any atom is 0.220 e. The summed E-state index contributed by atoms with van der Waals surface area (Å²) in [5.41, 5.74) is 1.02. The molecule has 1 unspecified atom stereocenters. The molecule has 1 aromatic heterocycles. The monoisotopic (exact) mass is 299 g/mol. The van der Waals surface area contributed by atoms with Crippen molar-refractivity contribution < 1.29 is 9.21 Å². The Morgan fingerprint density at radius 3 is 3.00 bits per heavy atom. The van der Waals surface area contributed by atoms with Gasteiger partial charge in [-0.1, -0.05) is 30.3 Å². The highest BCUT2D eigenvalue weighted by Crippen LogP contribution is 2.20. The Balaban J connectivity index is 1.44. The van der Waals surface area contributed by atoms with Gasteiger partial charge in [0.05, 0.1) is 6.20 Å². The first-order valence-corrected chi connectivity index (χ1v) is 7.81. The molecule has 1 atom stereocenters. The van der Waals surface area contributed by atoms with Crippen molar-refractivity contribution >= 4 is 5.91 Å². The molecular weight excluding hydrogens is 278 g/mol. The number of hydrogen-bond donors (Lipinski definition) is 2. The van der Waals surface area contributed by atoms with Gasteiger partial charge >= 0.3 is 0 Å². The highest BCUT2D eigenvalue weighted by Gasteiger charge is 2.16. The van der Waals surface area contributed by atoms with Gasteiger partial charge in [0.25, 0.3) is 0 Å². The molecule has 2 aromatic rings. The minimum atomic E-state index is 0.114. The third-order valence-electron chi connectivity index (χ3n) is 3.83. The maximum atomic E-state index is 11.8. The first kappa shape index (κ1) is 14.8. The number of nitrogens with zero attached hydrogens (tertiary/aromatic N) is 1. The van der Waals surface area contributed by atoms with Crippen LogP contribution in [-0.2, 0) is 11.2 Å². The zero-order valence-electron chi connectivity index (χ0n) is 12.5. The lowest BCUT2D eigenvalue weighted by Gasteiger charge is -2.10. The van der Waals surface area contributed by atoms with Crippen LogP contribution in [0, 0.1) is 0 Å². The molecule has 5 heteroatoms. The number of hydrogen-bond acceptors (Lipinski definition) is 4. The highest BCUT2D eigenvalue weighted by molar-refractivity contribution is 5.76. The number of aromatic nitrogens is 1. The van der Waals surface area contributed by atoms with Crippen LogP contribution >= 0.6 is 0 Å². The minimum absolute atomic E-state index is 0.114. The minimum Gasteiger partial charge on any atom is -0.441 e. The van der Waals surface area contributed by atoms with Crippen molar-refractivity contribution in [3.8, 4) is 11.3 Å². The second kappa shape index (κ2) is 7.22. The first-order chi connectivity index (χ1) is 10.8. The molecule has 5 nitrogen and oxygen atoms in total. The van der Waals surface area contributed by atoms with Crippen molar-refractivity contribution in [1.29, 1.82) is 0 Å². The lowest BCUT2D eigenvalue weighted by Crippen LogP contribution is -2.36. The van der Waals surface area contributed by atoms with Crippen molar-refractivity contribution in [1.82, 2.24) is 15.6 Å². The predicted octanol–water partition coefficient (Wildman–Crippen LogP) is 2.14. The summed E-state index contributed by atoms with van der Waals surface area (Å²) in [6, 6.07) is 10.2. The molecule has 116 valence electrons. The summed E-state index contributed by atoms with van der Waals surface area (Å²) < 4.78 is 5.73. The van der Waals surface area contributed by atoms with Gasteiger partial charge in [0, 0.05) is 31.0 Å². The Labute approximate surface area is 130 Å². The van der Waals surface area contributed by atoms with E-state index in [2.05, 4.69) is 15.6 Å². The number of aryl methyl sites for hydroxylation is 1. The Morgan fingerprint density at radius 1 is 1.36 bits per heavy atom. The SMILES string of the molecule is O=C(CCCc1ncc(-c2ccccc2)o1)NC1CCNC1. The van der Waals surface area contributed by atoms with Crippen LogP contribution in [0.5, 0.6) is 0 Å². The van der Waals surface area contributed by atoms with E-state index in [0.717, 1.165) is 37.3 Å².